The fourth-order valence-electron chi connectivity index (χ4n) is 1.79. The number of anilines is 2. The quantitative estimate of drug-likeness (QED) is 0.776. The van der Waals surface area contributed by atoms with Gasteiger partial charge in [0.15, 0.2) is 11.5 Å². The summed E-state index contributed by atoms with van der Waals surface area (Å²) in [5.74, 6) is 1.54. The van der Waals surface area contributed by atoms with Crippen LogP contribution in [0.1, 0.15) is 4.88 Å². The van der Waals surface area contributed by atoms with Crippen LogP contribution in [0.5, 0.6) is 0 Å². The van der Waals surface area contributed by atoms with Crippen LogP contribution in [0, 0.1) is 0 Å². The van der Waals surface area contributed by atoms with Crippen LogP contribution in [-0.2, 0) is 6.54 Å². The van der Waals surface area contributed by atoms with E-state index in [1.54, 1.807) is 17.5 Å². The molecule has 0 atom stereocenters. The van der Waals surface area contributed by atoms with Gasteiger partial charge in [-0.05, 0) is 12.1 Å². The lowest BCUT2D eigenvalue weighted by molar-refractivity contribution is 1.08. The maximum Gasteiger partial charge on any atom is 0.180 e. The zero-order valence-electron chi connectivity index (χ0n) is 10.2. The highest BCUT2D eigenvalue weighted by Gasteiger charge is 2.07. The molecule has 0 unspecified atom stereocenters. The van der Waals surface area contributed by atoms with E-state index in [-0.39, 0.29) is 0 Å². The van der Waals surface area contributed by atoms with Gasteiger partial charge in [0, 0.05) is 24.3 Å². The second kappa shape index (κ2) is 5.07. The lowest BCUT2D eigenvalue weighted by Gasteiger charge is -2.08. The second-order valence-electron chi connectivity index (χ2n) is 3.94. The van der Waals surface area contributed by atoms with E-state index in [4.69, 9.17) is 11.6 Å². The molecule has 0 spiro atoms. The van der Waals surface area contributed by atoms with Gasteiger partial charge >= 0.3 is 0 Å². The highest BCUT2D eigenvalue weighted by molar-refractivity contribution is 7.16. The molecule has 3 aromatic rings. The summed E-state index contributed by atoms with van der Waals surface area (Å²) in [6.45, 7) is 0.681. The van der Waals surface area contributed by atoms with Crippen LogP contribution in [0.2, 0.25) is 4.34 Å². The van der Waals surface area contributed by atoms with E-state index in [9.17, 15) is 0 Å². The van der Waals surface area contributed by atoms with Crippen molar-refractivity contribution in [3.05, 3.63) is 39.9 Å². The maximum atomic E-state index is 5.92. The Labute approximate surface area is 119 Å². The molecule has 0 radical (unpaired) electrons. The minimum atomic E-state index is 0.681. The number of hydrogen-bond acceptors (Lipinski definition) is 5. The zero-order chi connectivity index (χ0) is 13.2. The second-order valence-corrected chi connectivity index (χ2v) is 5.74. The van der Waals surface area contributed by atoms with E-state index < -0.39 is 0 Å². The molecule has 98 valence electrons. The lowest BCUT2D eigenvalue weighted by atomic mass is 10.4. The average molecular weight is 294 g/mol. The van der Waals surface area contributed by atoms with Gasteiger partial charge in [-0.1, -0.05) is 11.6 Å². The number of thiophene rings is 1. The third kappa shape index (κ3) is 2.50. The molecule has 3 heterocycles. The van der Waals surface area contributed by atoms with Gasteiger partial charge in [-0.25, -0.2) is 9.97 Å². The molecular formula is C12H12ClN5S. The van der Waals surface area contributed by atoms with Gasteiger partial charge < -0.3 is 15.0 Å². The molecule has 0 saturated heterocycles. The Balaban J connectivity index is 1.88. The first-order valence-electron chi connectivity index (χ1n) is 5.76. The number of rotatable bonds is 4. The van der Waals surface area contributed by atoms with Crippen molar-refractivity contribution in [1.29, 1.82) is 0 Å². The summed E-state index contributed by atoms with van der Waals surface area (Å²) in [5.41, 5.74) is 0.807. The SMILES string of the molecule is CNc1cn2ccnc2c(NCc2ccc(Cl)s2)n1. The van der Waals surface area contributed by atoms with Crippen molar-refractivity contribution in [2.75, 3.05) is 17.7 Å². The van der Waals surface area contributed by atoms with Crippen LogP contribution in [-0.4, -0.2) is 21.4 Å². The van der Waals surface area contributed by atoms with Gasteiger partial charge in [-0.2, -0.15) is 0 Å². The molecular weight excluding hydrogens is 282 g/mol. The first-order valence-corrected chi connectivity index (χ1v) is 6.95. The third-order valence-electron chi connectivity index (χ3n) is 2.69. The summed E-state index contributed by atoms with van der Waals surface area (Å²) in [6, 6.07) is 3.90. The van der Waals surface area contributed by atoms with Crippen molar-refractivity contribution in [1.82, 2.24) is 14.4 Å². The third-order valence-corrected chi connectivity index (χ3v) is 3.92. The van der Waals surface area contributed by atoms with Crippen LogP contribution in [0.25, 0.3) is 5.65 Å². The van der Waals surface area contributed by atoms with Gasteiger partial charge in [-0.15, -0.1) is 11.3 Å². The Morgan fingerprint density at radius 3 is 3.05 bits per heavy atom. The number of halogens is 1. The molecule has 0 aliphatic carbocycles. The van der Waals surface area contributed by atoms with Crippen molar-refractivity contribution in [2.24, 2.45) is 0 Å². The summed E-state index contributed by atoms with van der Waals surface area (Å²) >= 11 is 7.47. The van der Waals surface area contributed by atoms with E-state index in [1.807, 2.05) is 36.0 Å². The topological polar surface area (TPSA) is 54.2 Å². The number of imidazole rings is 1. The van der Waals surface area contributed by atoms with Gasteiger partial charge in [0.25, 0.3) is 0 Å². The molecule has 3 aromatic heterocycles. The smallest absolute Gasteiger partial charge is 0.180 e. The minimum Gasteiger partial charge on any atom is -0.372 e. The van der Waals surface area contributed by atoms with Crippen LogP contribution in [0.15, 0.2) is 30.7 Å². The van der Waals surface area contributed by atoms with Crippen molar-refractivity contribution in [2.45, 2.75) is 6.54 Å². The van der Waals surface area contributed by atoms with E-state index in [0.717, 1.165) is 26.5 Å². The monoisotopic (exact) mass is 293 g/mol. The van der Waals surface area contributed by atoms with E-state index in [1.165, 1.54) is 0 Å². The fraction of sp³-hybridized carbons (Fsp3) is 0.167. The molecule has 0 bridgehead atoms. The number of hydrogen-bond donors (Lipinski definition) is 2. The van der Waals surface area contributed by atoms with Gasteiger partial charge in [0.05, 0.1) is 17.1 Å². The van der Waals surface area contributed by atoms with Gasteiger partial charge in [0.2, 0.25) is 0 Å². The van der Waals surface area contributed by atoms with E-state index >= 15 is 0 Å². The van der Waals surface area contributed by atoms with Crippen molar-refractivity contribution >= 4 is 40.2 Å². The Morgan fingerprint density at radius 2 is 2.32 bits per heavy atom. The van der Waals surface area contributed by atoms with Crippen LogP contribution >= 0.6 is 22.9 Å². The Hall–Kier alpha value is -1.79. The van der Waals surface area contributed by atoms with Gasteiger partial charge in [0.1, 0.15) is 5.82 Å². The largest absolute Gasteiger partial charge is 0.372 e. The highest BCUT2D eigenvalue weighted by Crippen LogP contribution is 2.23. The number of aromatic nitrogens is 3. The molecule has 0 amide bonds. The van der Waals surface area contributed by atoms with Crippen LogP contribution < -0.4 is 10.6 Å². The van der Waals surface area contributed by atoms with Crippen molar-refractivity contribution < 1.29 is 0 Å². The fourth-order valence-corrected chi connectivity index (χ4v) is 2.82. The number of fused-ring (bicyclic) bond motifs is 1. The Morgan fingerprint density at radius 1 is 1.42 bits per heavy atom. The molecule has 0 saturated carbocycles. The molecule has 0 fully saturated rings. The summed E-state index contributed by atoms with van der Waals surface area (Å²) < 4.78 is 2.72. The van der Waals surface area contributed by atoms with Crippen LogP contribution in [0.3, 0.4) is 0 Å². The molecule has 0 aliphatic heterocycles. The Bertz CT molecular complexity index is 705. The lowest BCUT2D eigenvalue weighted by Crippen LogP contribution is -2.05. The first kappa shape index (κ1) is 12.3. The molecule has 5 nitrogen and oxygen atoms in total. The van der Waals surface area contributed by atoms with E-state index in [2.05, 4.69) is 20.6 Å². The van der Waals surface area contributed by atoms with E-state index in [0.29, 0.717) is 6.54 Å². The predicted octanol–water partition coefficient (Wildman–Crippen LogP) is 3.10. The molecule has 3 rings (SSSR count). The number of nitrogens with zero attached hydrogens (tertiary/aromatic N) is 3. The maximum absolute atomic E-state index is 5.92. The minimum absolute atomic E-state index is 0.681. The molecule has 2 N–H and O–H groups in total. The number of nitrogens with one attached hydrogen (secondary N) is 2. The highest BCUT2D eigenvalue weighted by atomic mass is 35.5. The zero-order valence-corrected chi connectivity index (χ0v) is 11.8. The molecule has 19 heavy (non-hydrogen) atoms. The summed E-state index contributed by atoms with van der Waals surface area (Å²) in [4.78, 5) is 9.94. The standard InChI is InChI=1S/C12H12ClN5S/c1-14-10-7-18-5-4-15-12(18)11(17-10)16-6-8-2-3-9(13)19-8/h2-5,7,14H,6H2,1H3,(H,16,17). The molecule has 0 aliphatic rings. The average Bonchev–Trinajstić information content (AvgIpc) is 3.04. The van der Waals surface area contributed by atoms with Crippen molar-refractivity contribution in [3.63, 3.8) is 0 Å². The normalized spacial score (nSPS) is 10.8. The summed E-state index contributed by atoms with van der Waals surface area (Å²) in [7, 11) is 1.84. The summed E-state index contributed by atoms with van der Waals surface area (Å²) in [6.07, 6.45) is 5.55. The first-order chi connectivity index (χ1) is 9.26. The molecule has 7 heteroatoms. The summed E-state index contributed by atoms with van der Waals surface area (Å²) in [5, 5.41) is 6.33. The Kier molecular flexibility index (Phi) is 3.27. The van der Waals surface area contributed by atoms with Gasteiger partial charge in [-0.3, -0.25) is 0 Å². The predicted molar refractivity (Wildman–Crippen MR) is 79.2 cm³/mol. The van der Waals surface area contributed by atoms with Crippen molar-refractivity contribution in [3.8, 4) is 0 Å². The molecule has 0 aromatic carbocycles. The van der Waals surface area contributed by atoms with Crippen LogP contribution in [0.4, 0.5) is 11.6 Å².